The monoisotopic (exact) mass is 479 g/mol. The summed E-state index contributed by atoms with van der Waals surface area (Å²) in [6.07, 6.45) is 4.52. The molecule has 0 radical (unpaired) electrons. The van der Waals surface area contributed by atoms with Crippen LogP contribution in [0.4, 0.5) is 16.2 Å². The molecule has 2 aromatic rings. The molecule has 0 aromatic heterocycles. The quantitative estimate of drug-likeness (QED) is 0.420. The van der Waals surface area contributed by atoms with Crippen LogP contribution >= 0.6 is 0 Å². The second kappa shape index (κ2) is 11.7. The van der Waals surface area contributed by atoms with E-state index in [0.717, 1.165) is 43.7 Å². The van der Waals surface area contributed by atoms with Crippen LogP contribution in [0.2, 0.25) is 0 Å². The SMILES string of the molecule is Cc1ccc(NC(=O)Nc2cccc(C(CC(=O)O)C(C)N(CC3CC3)C3CCOCC3)c2)cc1. The summed E-state index contributed by atoms with van der Waals surface area (Å²) >= 11 is 0. The number of aliphatic carboxylic acids is 1. The predicted molar refractivity (Wildman–Crippen MR) is 138 cm³/mol. The minimum absolute atomic E-state index is 0.0462. The topological polar surface area (TPSA) is 90.9 Å². The van der Waals surface area contributed by atoms with E-state index >= 15 is 0 Å². The number of urea groups is 1. The van der Waals surface area contributed by atoms with Gasteiger partial charge in [0.15, 0.2) is 0 Å². The van der Waals surface area contributed by atoms with Crippen molar-refractivity contribution in [2.75, 3.05) is 30.4 Å². The number of aryl methyl sites for hydroxylation is 1. The Hall–Kier alpha value is -2.90. The molecule has 188 valence electrons. The van der Waals surface area contributed by atoms with Gasteiger partial charge < -0.3 is 20.5 Å². The largest absolute Gasteiger partial charge is 0.481 e. The molecule has 1 saturated carbocycles. The van der Waals surface area contributed by atoms with Crippen molar-refractivity contribution in [3.63, 3.8) is 0 Å². The number of hydrogen-bond donors (Lipinski definition) is 3. The fraction of sp³-hybridized carbons (Fsp3) is 0.500. The van der Waals surface area contributed by atoms with Gasteiger partial charge in [0.25, 0.3) is 0 Å². The summed E-state index contributed by atoms with van der Waals surface area (Å²) in [6, 6.07) is 15.4. The lowest BCUT2D eigenvalue weighted by Crippen LogP contribution is -2.48. The maximum atomic E-state index is 12.6. The molecule has 2 amide bonds. The predicted octanol–water partition coefficient (Wildman–Crippen LogP) is 5.48. The number of nitrogens with zero attached hydrogens (tertiary/aromatic N) is 1. The summed E-state index contributed by atoms with van der Waals surface area (Å²) in [5, 5.41) is 15.5. The zero-order valence-electron chi connectivity index (χ0n) is 20.7. The van der Waals surface area contributed by atoms with E-state index in [2.05, 4.69) is 22.5 Å². The molecule has 2 aliphatic rings. The normalized spacial score (nSPS) is 18.1. The second-order valence-corrected chi connectivity index (χ2v) is 10.00. The molecule has 0 spiro atoms. The van der Waals surface area contributed by atoms with Crippen molar-refractivity contribution in [2.24, 2.45) is 5.92 Å². The molecular formula is C28H37N3O4. The number of rotatable bonds is 10. The molecule has 1 aliphatic carbocycles. The van der Waals surface area contributed by atoms with Crippen LogP contribution in [0.15, 0.2) is 48.5 Å². The maximum Gasteiger partial charge on any atom is 0.323 e. The van der Waals surface area contributed by atoms with Gasteiger partial charge in [0, 0.05) is 49.1 Å². The zero-order chi connectivity index (χ0) is 24.8. The maximum absolute atomic E-state index is 12.6. The van der Waals surface area contributed by atoms with E-state index in [0.29, 0.717) is 23.3 Å². The Bertz CT molecular complexity index is 1000. The van der Waals surface area contributed by atoms with Gasteiger partial charge in [-0.05, 0) is 75.3 Å². The lowest BCUT2D eigenvalue weighted by molar-refractivity contribution is -0.138. The zero-order valence-corrected chi connectivity index (χ0v) is 20.7. The van der Waals surface area contributed by atoms with Crippen LogP contribution in [-0.4, -0.2) is 53.8 Å². The molecule has 3 N–H and O–H groups in total. The van der Waals surface area contributed by atoms with Gasteiger partial charge in [-0.25, -0.2) is 4.79 Å². The fourth-order valence-electron chi connectivity index (χ4n) is 5.03. The van der Waals surface area contributed by atoms with Crippen molar-refractivity contribution < 1.29 is 19.4 Å². The second-order valence-electron chi connectivity index (χ2n) is 10.00. The highest BCUT2D eigenvalue weighted by Crippen LogP contribution is 2.36. The Morgan fingerprint density at radius 2 is 1.71 bits per heavy atom. The number of hydrogen-bond acceptors (Lipinski definition) is 4. The van der Waals surface area contributed by atoms with Crippen LogP contribution in [-0.2, 0) is 9.53 Å². The van der Waals surface area contributed by atoms with E-state index in [4.69, 9.17) is 4.74 Å². The summed E-state index contributed by atoms with van der Waals surface area (Å²) in [5.41, 5.74) is 3.42. The third-order valence-corrected chi connectivity index (χ3v) is 7.21. The van der Waals surface area contributed by atoms with Crippen molar-refractivity contribution in [2.45, 2.75) is 64.0 Å². The smallest absolute Gasteiger partial charge is 0.323 e. The van der Waals surface area contributed by atoms with Crippen molar-refractivity contribution in [1.82, 2.24) is 4.90 Å². The van der Waals surface area contributed by atoms with E-state index < -0.39 is 5.97 Å². The average Bonchev–Trinajstić information content (AvgIpc) is 3.67. The standard InChI is InChI=1S/C28H37N3O4/c1-19-6-10-23(11-7-19)29-28(34)30-24-5-3-4-22(16-24)26(17-27(32)33)20(2)31(18-21-8-9-21)25-12-14-35-15-13-25/h3-7,10-11,16,20-21,25-26H,8-9,12-15,17-18H2,1-2H3,(H,32,33)(H2,29,30,34). The van der Waals surface area contributed by atoms with Gasteiger partial charge in [0.1, 0.15) is 0 Å². The molecule has 1 saturated heterocycles. The molecule has 2 unspecified atom stereocenters. The van der Waals surface area contributed by atoms with Crippen LogP contribution < -0.4 is 10.6 Å². The van der Waals surface area contributed by atoms with Crippen molar-refractivity contribution >= 4 is 23.4 Å². The van der Waals surface area contributed by atoms with Crippen LogP contribution in [0.25, 0.3) is 0 Å². The van der Waals surface area contributed by atoms with E-state index in [-0.39, 0.29) is 24.4 Å². The molecule has 2 aromatic carbocycles. The summed E-state index contributed by atoms with van der Waals surface area (Å²) in [6.45, 7) is 6.70. The average molecular weight is 480 g/mol. The molecule has 1 heterocycles. The molecular weight excluding hydrogens is 442 g/mol. The highest BCUT2D eigenvalue weighted by Gasteiger charge is 2.36. The molecule has 2 fully saturated rings. The molecule has 1 aliphatic heterocycles. The molecule has 7 heteroatoms. The first-order valence-electron chi connectivity index (χ1n) is 12.7. The van der Waals surface area contributed by atoms with Crippen molar-refractivity contribution in [1.29, 1.82) is 0 Å². The van der Waals surface area contributed by atoms with Gasteiger partial charge in [0.2, 0.25) is 0 Å². The highest BCUT2D eigenvalue weighted by molar-refractivity contribution is 5.99. The van der Waals surface area contributed by atoms with E-state index in [1.165, 1.54) is 12.8 Å². The van der Waals surface area contributed by atoms with E-state index in [1.54, 1.807) is 0 Å². The van der Waals surface area contributed by atoms with Gasteiger partial charge in [0.05, 0.1) is 6.42 Å². The number of carboxylic acid groups (broad SMARTS) is 1. The fourth-order valence-corrected chi connectivity index (χ4v) is 5.03. The summed E-state index contributed by atoms with van der Waals surface area (Å²) in [7, 11) is 0. The van der Waals surface area contributed by atoms with Crippen molar-refractivity contribution in [3.8, 4) is 0 Å². The summed E-state index contributed by atoms with van der Waals surface area (Å²) in [4.78, 5) is 27.0. The number of nitrogens with one attached hydrogen (secondary N) is 2. The Morgan fingerprint density at radius 1 is 1.03 bits per heavy atom. The van der Waals surface area contributed by atoms with Gasteiger partial charge in [-0.2, -0.15) is 0 Å². The number of benzene rings is 2. The third-order valence-electron chi connectivity index (χ3n) is 7.21. The summed E-state index contributed by atoms with van der Waals surface area (Å²) < 4.78 is 5.59. The number of carbonyl (C=O) groups is 2. The van der Waals surface area contributed by atoms with Gasteiger partial charge in [-0.1, -0.05) is 29.8 Å². The molecule has 4 rings (SSSR count). The molecule has 35 heavy (non-hydrogen) atoms. The molecule has 0 bridgehead atoms. The van der Waals surface area contributed by atoms with Crippen LogP contribution in [0, 0.1) is 12.8 Å². The molecule has 2 atom stereocenters. The van der Waals surface area contributed by atoms with E-state index in [9.17, 15) is 14.7 Å². The lowest BCUT2D eigenvalue weighted by Gasteiger charge is -2.42. The van der Waals surface area contributed by atoms with Gasteiger partial charge in [-0.15, -0.1) is 0 Å². The summed E-state index contributed by atoms with van der Waals surface area (Å²) in [5.74, 6) is -0.282. The lowest BCUT2D eigenvalue weighted by atomic mass is 9.86. The first-order chi connectivity index (χ1) is 16.9. The third kappa shape index (κ3) is 7.29. The number of carbonyl (C=O) groups excluding carboxylic acids is 1. The Morgan fingerprint density at radius 3 is 2.37 bits per heavy atom. The first kappa shape index (κ1) is 25.2. The van der Waals surface area contributed by atoms with Gasteiger partial charge >= 0.3 is 12.0 Å². The molecule has 7 nitrogen and oxygen atoms in total. The Balaban J connectivity index is 1.50. The van der Waals surface area contributed by atoms with Crippen LogP contribution in [0.3, 0.4) is 0 Å². The minimum Gasteiger partial charge on any atom is -0.481 e. The van der Waals surface area contributed by atoms with Crippen molar-refractivity contribution in [3.05, 3.63) is 59.7 Å². The number of ether oxygens (including phenoxy) is 1. The number of anilines is 2. The minimum atomic E-state index is -0.810. The van der Waals surface area contributed by atoms with E-state index in [1.807, 2.05) is 55.5 Å². The highest BCUT2D eigenvalue weighted by atomic mass is 16.5. The number of amides is 2. The number of carboxylic acids is 1. The first-order valence-corrected chi connectivity index (χ1v) is 12.7. The van der Waals surface area contributed by atoms with Crippen LogP contribution in [0.5, 0.6) is 0 Å². The van der Waals surface area contributed by atoms with Gasteiger partial charge in [-0.3, -0.25) is 9.69 Å². The Labute approximate surface area is 207 Å². The van der Waals surface area contributed by atoms with Crippen LogP contribution in [0.1, 0.15) is 56.1 Å². The Kier molecular flexibility index (Phi) is 8.42.